The summed E-state index contributed by atoms with van der Waals surface area (Å²) in [5.41, 5.74) is 3.20. The maximum Gasteiger partial charge on any atom is 0.307 e. The third kappa shape index (κ3) is 5.64. The largest absolute Gasteiger partial charge is 0.469 e. The first-order chi connectivity index (χ1) is 12.0. The molecule has 0 N–H and O–H groups in total. The predicted molar refractivity (Wildman–Crippen MR) is 95.7 cm³/mol. The zero-order chi connectivity index (χ0) is 18.2. The molecule has 0 unspecified atom stereocenters. The molecule has 0 aliphatic heterocycles. The first kappa shape index (κ1) is 19.1. The number of esters is 2. The minimum absolute atomic E-state index is 0.250. The Morgan fingerprint density at radius 2 is 1.52 bits per heavy atom. The van der Waals surface area contributed by atoms with Crippen LogP contribution in [0.5, 0.6) is 0 Å². The fourth-order valence-corrected chi connectivity index (χ4v) is 2.79. The summed E-state index contributed by atoms with van der Waals surface area (Å²) in [6.45, 7) is 0.513. The van der Waals surface area contributed by atoms with E-state index in [1.165, 1.54) is 14.2 Å². The Balaban J connectivity index is 2.18. The molecule has 1 heterocycles. The third-order valence-electron chi connectivity index (χ3n) is 4.04. The average molecular weight is 364 g/mol. The van der Waals surface area contributed by atoms with Gasteiger partial charge in [0.2, 0.25) is 0 Å². The summed E-state index contributed by atoms with van der Waals surface area (Å²) in [5, 5.41) is 0.698. The van der Waals surface area contributed by atoms with Gasteiger partial charge in [-0.3, -0.25) is 9.59 Å². The fraction of sp³-hybridized carbons (Fsp3) is 0.368. The monoisotopic (exact) mass is 363 g/mol. The number of carbonyl (C=O) groups is 2. The van der Waals surface area contributed by atoms with Crippen LogP contribution in [0.2, 0.25) is 5.02 Å². The molecule has 0 aliphatic rings. The molecule has 0 saturated heterocycles. The maximum atomic E-state index is 11.5. The van der Waals surface area contributed by atoms with E-state index < -0.39 is 0 Å². The summed E-state index contributed by atoms with van der Waals surface area (Å²) in [5.74, 6) is -0.509. The standard InChI is InChI=1S/C19H22ClNO4/c1-24-18(22)10-9-16-7-8-17(21(16)12-11-19(23)25-2)13-14-3-5-15(20)6-4-14/h3-8H,9-13H2,1-2H3. The van der Waals surface area contributed by atoms with Crippen LogP contribution >= 0.6 is 11.6 Å². The van der Waals surface area contributed by atoms with Gasteiger partial charge in [-0.2, -0.15) is 0 Å². The summed E-state index contributed by atoms with van der Waals surface area (Å²) in [7, 11) is 2.76. The molecule has 0 amide bonds. The lowest BCUT2D eigenvalue weighted by molar-refractivity contribution is -0.141. The molecule has 0 spiro atoms. The van der Waals surface area contributed by atoms with Crippen molar-refractivity contribution in [3.05, 3.63) is 58.4 Å². The van der Waals surface area contributed by atoms with Crippen LogP contribution < -0.4 is 0 Å². The van der Waals surface area contributed by atoms with Crippen molar-refractivity contribution in [1.82, 2.24) is 4.57 Å². The second-order valence-electron chi connectivity index (χ2n) is 5.67. The molecule has 0 radical (unpaired) electrons. The van der Waals surface area contributed by atoms with Gasteiger partial charge in [0.05, 0.1) is 27.1 Å². The third-order valence-corrected chi connectivity index (χ3v) is 4.29. The molecular formula is C19H22ClNO4. The molecule has 5 nitrogen and oxygen atoms in total. The highest BCUT2D eigenvalue weighted by molar-refractivity contribution is 6.30. The molecule has 0 bridgehead atoms. The molecule has 0 atom stereocenters. The van der Waals surface area contributed by atoms with Crippen molar-refractivity contribution >= 4 is 23.5 Å². The van der Waals surface area contributed by atoms with Crippen molar-refractivity contribution in [3.63, 3.8) is 0 Å². The van der Waals surface area contributed by atoms with E-state index in [-0.39, 0.29) is 18.4 Å². The Hall–Kier alpha value is -2.27. The molecule has 6 heteroatoms. The average Bonchev–Trinajstić information content (AvgIpc) is 3.00. The fourth-order valence-electron chi connectivity index (χ4n) is 2.67. The molecule has 1 aromatic heterocycles. The van der Waals surface area contributed by atoms with Crippen molar-refractivity contribution < 1.29 is 19.1 Å². The van der Waals surface area contributed by atoms with E-state index >= 15 is 0 Å². The van der Waals surface area contributed by atoms with Crippen molar-refractivity contribution in [1.29, 1.82) is 0 Å². The lowest BCUT2D eigenvalue weighted by atomic mass is 10.1. The van der Waals surface area contributed by atoms with E-state index in [0.29, 0.717) is 24.4 Å². The van der Waals surface area contributed by atoms with Crippen LogP contribution in [-0.4, -0.2) is 30.7 Å². The second-order valence-corrected chi connectivity index (χ2v) is 6.11. The smallest absolute Gasteiger partial charge is 0.307 e. The normalized spacial score (nSPS) is 10.5. The van der Waals surface area contributed by atoms with E-state index in [9.17, 15) is 9.59 Å². The predicted octanol–water partition coefficient (Wildman–Crippen LogP) is 3.40. The Morgan fingerprint density at radius 3 is 2.16 bits per heavy atom. The molecule has 134 valence electrons. The summed E-state index contributed by atoms with van der Waals surface area (Å²) in [6.07, 6.45) is 1.87. The van der Waals surface area contributed by atoms with Crippen LogP contribution in [0.1, 0.15) is 29.8 Å². The number of hydrogen-bond donors (Lipinski definition) is 0. The summed E-state index contributed by atoms with van der Waals surface area (Å²) >= 11 is 5.93. The zero-order valence-electron chi connectivity index (χ0n) is 14.5. The first-order valence-corrected chi connectivity index (χ1v) is 8.46. The zero-order valence-corrected chi connectivity index (χ0v) is 15.2. The van der Waals surface area contributed by atoms with Gasteiger partial charge in [0.1, 0.15) is 0 Å². The Labute approximate surface area is 152 Å². The highest BCUT2D eigenvalue weighted by Gasteiger charge is 2.12. The first-order valence-electron chi connectivity index (χ1n) is 8.09. The van der Waals surface area contributed by atoms with Crippen LogP contribution in [0.15, 0.2) is 36.4 Å². The van der Waals surface area contributed by atoms with Crippen LogP contribution in [0, 0.1) is 0 Å². The number of halogens is 1. The number of ether oxygens (including phenoxy) is 2. The van der Waals surface area contributed by atoms with Gasteiger partial charge >= 0.3 is 11.9 Å². The Kier molecular flexibility index (Phi) is 7.07. The number of nitrogens with zero attached hydrogens (tertiary/aromatic N) is 1. The molecule has 0 aliphatic carbocycles. The van der Waals surface area contributed by atoms with Gasteiger partial charge in [0.25, 0.3) is 0 Å². The SMILES string of the molecule is COC(=O)CCc1ccc(Cc2ccc(Cl)cc2)n1CCC(=O)OC. The Morgan fingerprint density at radius 1 is 0.920 bits per heavy atom. The van der Waals surface area contributed by atoms with Crippen LogP contribution in [0.4, 0.5) is 0 Å². The van der Waals surface area contributed by atoms with Crippen molar-refractivity contribution in [3.8, 4) is 0 Å². The minimum atomic E-state index is -0.259. The van der Waals surface area contributed by atoms with Crippen molar-refractivity contribution in [2.45, 2.75) is 32.2 Å². The Bertz CT molecular complexity index is 722. The van der Waals surface area contributed by atoms with Gasteiger partial charge in [-0.1, -0.05) is 23.7 Å². The van der Waals surface area contributed by atoms with Crippen molar-refractivity contribution in [2.24, 2.45) is 0 Å². The van der Waals surface area contributed by atoms with Crippen LogP contribution in [0.25, 0.3) is 0 Å². The molecule has 25 heavy (non-hydrogen) atoms. The van der Waals surface area contributed by atoms with Crippen LogP contribution in [-0.2, 0) is 38.4 Å². The number of methoxy groups -OCH3 is 2. The minimum Gasteiger partial charge on any atom is -0.469 e. The molecule has 2 aromatic rings. The molecular weight excluding hydrogens is 342 g/mol. The van der Waals surface area contributed by atoms with E-state index in [1.54, 1.807) is 0 Å². The van der Waals surface area contributed by atoms with E-state index in [1.807, 2.05) is 36.4 Å². The van der Waals surface area contributed by atoms with Gasteiger partial charge in [-0.25, -0.2) is 0 Å². The molecule has 1 aromatic carbocycles. The number of aryl methyl sites for hydroxylation is 1. The van der Waals surface area contributed by atoms with E-state index in [4.69, 9.17) is 21.1 Å². The highest BCUT2D eigenvalue weighted by Crippen LogP contribution is 2.18. The van der Waals surface area contributed by atoms with Gasteiger partial charge < -0.3 is 14.0 Å². The van der Waals surface area contributed by atoms with E-state index in [0.717, 1.165) is 23.4 Å². The molecule has 0 fully saturated rings. The summed E-state index contributed by atoms with van der Waals surface area (Å²) in [6, 6.07) is 11.7. The second kappa shape index (κ2) is 9.28. The van der Waals surface area contributed by atoms with Crippen LogP contribution in [0.3, 0.4) is 0 Å². The lowest BCUT2D eigenvalue weighted by Crippen LogP contribution is -2.13. The van der Waals surface area contributed by atoms with Gasteiger partial charge in [-0.15, -0.1) is 0 Å². The van der Waals surface area contributed by atoms with Crippen molar-refractivity contribution in [2.75, 3.05) is 14.2 Å². The van der Waals surface area contributed by atoms with Gasteiger partial charge in [-0.05, 0) is 36.2 Å². The lowest BCUT2D eigenvalue weighted by Gasteiger charge is -2.13. The quantitative estimate of drug-likeness (QED) is 0.674. The topological polar surface area (TPSA) is 57.5 Å². The van der Waals surface area contributed by atoms with Gasteiger partial charge in [0.15, 0.2) is 0 Å². The number of benzene rings is 1. The summed E-state index contributed by atoms with van der Waals surface area (Å²) in [4.78, 5) is 22.9. The summed E-state index contributed by atoms with van der Waals surface area (Å²) < 4.78 is 11.5. The number of hydrogen-bond acceptors (Lipinski definition) is 4. The number of rotatable bonds is 8. The van der Waals surface area contributed by atoms with E-state index in [2.05, 4.69) is 4.57 Å². The maximum absolute atomic E-state index is 11.5. The number of aromatic nitrogens is 1. The molecule has 2 rings (SSSR count). The van der Waals surface area contributed by atoms with Gasteiger partial charge in [0, 0.05) is 29.4 Å². The molecule has 0 saturated carbocycles. The number of carbonyl (C=O) groups excluding carboxylic acids is 2. The highest BCUT2D eigenvalue weighted by atomic mass is 35.5.